The van der Waals surface area contributed by atoms with Crippen molar-refractivity contribution in [3.05, 3.63) is 179 Å². The van der Waals surface area contributed by atoms with Gasteiger partial charge in [0.25, 0.3) is 0 Å². The summed E-state index contributed by atoms with van der Waals surface area (Å²) >= 11 is 0. The summed E-state index contributed by atoms with van der Waals surface area (Å²) in [6.45, 7) is 0.135. The molecule has 0 amide bonds. The van der Waals surface area contributed by atoms with E-state index in [-0.39, 0.29) is 6.61 Å². The highest BCUT2D eigenvalue weighted by Gasteiger charge is 2.55. The van der Waals surface area contributed by atoms with Crippen molar-refractivity contribution in [2.24, 2.45) is 0 Å². The van der Waals surface area contributed by atoms with Gasteiger partial charge in [0, 0.05) is 12.7 Å². The molecular weight excluding hydrogens is 632 g/mol. The maximum absolute atomic E-state index is 14.5. The minimum absolute atomic E-state index is 0.135. The van der Waals surface area contributed by atoms with Crippen molar-refractivity contribution >= 4 is 11.9 Å². The number of hydrogen-bond donors (Lipinski definition) is 0. The molecule has 2 aliphatic heterocycles. The predicted molar refractivity (Wildman–Crippen MR) is 185 cm³/mol. The Bertz CT molecular complexity index is 1740. The first-order valence-corrected chi connectivity index (χ1v) is 16.7. The molecule has 0 aromatic heterocycles. The second kappa shape index (κ2) is 15.6. The molecule has 8 heteroatoms. The van der Waals surface area contributed by atoms with Gasteiger partial charge in [-0.2, -0.15) is 0 Å². The third-order valence-corrected chi connectivity index (χ3v) is 9.10. The molecule has 2 heterocycles. The number of benzene rings is 5. The summed E-state index contributed by atoms with van der Waals surface area (Å²) in [5.41, 5.74) is 3.80. The lowest BCUT2D eigenvalue weighted by Gasteiger charge is -2.48. The molecule has 2 aliphatic rings. The summed E-state index contributed by atoms with van der Waals surface area (Å²) in [4.78, 5) is 28.9. The van der Waals surface area contributed by atoms with Crippen LogP contribution < -0.4 is 0 Å². The van der Waals surface area contributed by atoms with Crippen LogP contribution in [0.15, 0.2) is 152 Å². The second-order valence-corrected chi connectivity index (χ2v) is 12.3. The molecule has 0 bridgehead atoms. The van der Waals surface area contributed by atoms with Crippen LogP contribution in [0.1, 0.15) is 45.9 Å². The van der Waals surface area contributed by atoms with Gasteiger partial charge in [-0.1, -0.05) is 152 Å². The molecule has 8 nitrogen and oxygen atoms in total. The van der Waals surface area contributed by atoms with Gasteiger partial charge in [0.05, 0.1) is 6.61 Å². The second-order valence-electron chi connectivity index (χ2n) is 12.3. The standard InChI is InChI=1S/C42H38O8/c1-45-42-38(49-40(44)35(30-21-11-4-12-22-30)31-23-13-5-14-24-31)37(36-33(47-42)27-46-41(50-36)32-25-15-6-16-26-32)48-39(43)34(28-17-7-2-8-18-28)29-19-9-3-10-20-29/h2-26,33-38,41-42H,27H2,1H3/t33-,36-,37+,38-,41-,42+/m1/s1. The summed E-state index contributed by atoms with van der Waals surface area (Å²) in [5, 5.41) is 0. The van der Waals surface area contributed by atoms with Crippen LogP contribution in [0.4, 0.5) is 0 Å². The first-order valence-electron chi connectivity index (χ1n) is 16.7. The van der Waals surface area contributed by atoms with Crippen molar-refractivity contribution in [3.8, 4) is 0 Å². The molecule has 5 aromatic rings. The summed E-state index contributed by atoms with van der Waals surface area (Å²) in [7, 11) is 1.46. The molecule has 50 heavy (non-hydrogen) atoms. The number of ether oxygens (including phenoxy) is 6. The van der Waals surface area contributed by atoms with Crippen molar-refractivity contribution in [2.45, 2.75) is 48.8 Å². The number of esters is 2. The zero-order valence-corrected chi connectivity index (χ0v) is 27.5. The lowest BCUT2D eigenvalue weighted by Crippen LogP contribution is -2.64. The number of rotatable bonds is 10. The maximum atomic E-state index is 14.5. The van der Waals surface area contributed by atoms with Gasteiger partial charge < -0.3 is 28.4 Å². The van der Waals surface area contributed by atoms with Crippen LogP contribution in [0.2, 0.25) is 0 Å². The molecule has 7 rings (SSSR count). The molecule has 2 fully saturated rings. The van der Waals surface area contributed by atoms with Gasteiger partial charge in [0.2, 0.25) is 0 Å². The van der Waals surface area contributed by atoms with E-state index in [1.54, 1.807) is 0 Å². The number of carbonyl (C=O) groups excluding carboxylic acids is 2. The Labute approximate surface area is 291 Å². The van der Waals surface area contributed by atoms with Crippen LogP contribution >= 0.6 is 0 Å². The first kappa shape index (κ1) is 33.4. The van der Waals surface area contributed by atoms with Gasteiger partial charge in [-0.3, -0.25) is 9.59 Å². The number of carbonyl (C=O) groups is 2. The third-order valence-electron chi connectivity index (χ3n) is 9.10. The van der Waals surface area contributed by atoms with Crippen LogP contribution in [-0.2, 0) is 38.0 Å². The average molecular weight is 671 g/mol. The van der Waals surface area contributed by atoms with Crippen LogP contribution in [0.25, 0.3) is 0 Å². The van der Waals surface area contributed by atoms with Gasteiger partial charge >= 0.3 is 11.9 Å². The molecule has 0 radical (unpaired) electrons. The fourth-order valence-corrected chi connectivity index (χ4v) is 6.69. The lowest BCUT2D eigenvalue weighted by molar-refractivity contribution is -0.359. The zero-order valence-electron chi connectivity index (χ0n) is 27.5. The molecule has 254 valence electrons. The van der Waals surface area contributed by atoms with E-state index >= 15 is 0 Å². The fraction of sp³-hybridized carbons (Fsp3) is 0.238. The zero-order chi connectivity index (χ0) is 34.3. The van der Waals surface area contributed by atoms with Gasteiger partial charge in [-0.05, 0) is 22.3 Å². The fourth-order valence-electron chi connectivity index (χ4n) is 6.69. The van der Waals surface area contributed by atoms with Gasteiger partial charge in [-0.15, -0.1) is 0 Å². The van der Waals surface area contributed by atoms with Gasteiger partial charge in [0.15, 0.2) is 24.8 Å². The number of methoxy groups -OCH3 is 1. The Morgan fingerprint density at radius 2 is 0.960 bits per heavy atom. The molecule has 0 saturated carbocycles. The summed E-state index contributed by atoms with van der Waals surface area (Å²) < 4.78 is 37.6. The van der Waals surface area contributed by atoms with Crippen molar-refractivity contribution in [1.82, 2.24) is 0 Å². The highest BCUT2D eigenvalue weighted by atomic mass is 16.8. The minimum Gasteiger partial charge on any atom is -0.455 e. The van der Waals surface area contributed by atoms with Crippen molar-refractivity contribution in [2.75, 3.05) is 13.7 Å². The van der Waals surface area contributed by atoms with E-state index in [4.69, 9.17) is 28.4 Å². The van der Waals surface area contributed by atoms with E-state index in [9.17, 15) is 9.59 Å². The van der Waals surface area contributed by atoms with Crippen molar-refractivity contribution in [3.63, 3.8) is 0 Å². The summed E-state index contributed by atoms with van der Waals surface area (Å²) in [5.74, 6) is -2.61. The topological polar surface area (TPSA) is 89.5 Å². The Morgan fingerprint density at radius 1 is 0.560 bits per heavy atom. The highest BCUT2D eigenvalue weighted by molar-refractivity contribution is 5.83. The number of fused-ring (bicyclic) bond motifs is 1. The quantitative estimate of drug-likeness (QED) is 0.148. The first-order chi connectivity index (χ1) is 24.6. The van der Waals surface area contributed by atoms with E-state index in [1.165, 1.54) is 7.11 Å². The lowest BCUT2D eigenvalue weighted by atomic mass is 9.90. The monoisotopic (exact) mass is 670 g/mol. The molecule has 0 unspecified atom stereocenters. The predicted octanol–water partition coefficient (Wildman–Crippen LogP) is 6.96. The Balaban J connectivity index is 1.27. The smallest absolute Gasteiger partial charge is 0.318 e. The molecule has 6 atom stereocenters. The Kier molecular flexibility index (Phi) is 10.4. The molecule has 2 saturated heterocycles. The van der Waals surface area contributed by atoms with E-state index < -0.39 is 60.8 Å². The van der Waals surface area contributed by atoms with Crippen LogP contribution in [-0.4, -0.2) is 56.4 Å². The van der Waals surface area contributed by atoms with E-state index in [2.05, 4.69) is 0 Å². The highest BCUT2D eigenvalue weighted by Crippen LogP contribution is 2.39. The number of hydrogen-bond acceptors (Lipinski definition) is 8. The van der Waals surface area contributed by atoms with Gasteiger partial charge in [0.1, 0.15) is 24.0 Å². The van der Waals surface area contributed by atoms with Gasteiger partial charge in [-0.25, -0.2) is 0 Å². The summed E-state index contributed by atoms with van der Waals surface area (Å²) in [6.07, 6.45) is -5.70. The molecule has 0 N–H and O–H groups in total. The SMILES string of the molecule is CO[C@H]1O[C@@H]2CO[C@@H](c3ccccc3)O[C@H]2[C@H](OC(=O)C(c2ccccc2)c2ccccc2)[C@H]1OC(=O)C(c1ccccc1)c1ccccc1. The normalized spacial score (nSPS) is 23.2. The molecule has 0 spiro atoms. The van der Waals surface area contributed by atoms with Crippen LogP contribution in [0, 0.1) is 0 Å². The Hall–Kier alpha value is -5.12. The molecule has 5 aromatic carbocycles. The Morgan fingerprint density at radius 3 is 1.38 bits per heavy atom. The van der Waals surface area contributed by atoms with E-state index in [1.807, 2.05) is 152 Å². The van der Waals surface area contributed by atoms with Crippen LogP contribution in [0.3, 0.4) is 0 Å². The maximum Gasteiger partial charge on any atom is 0.318 e. The summed E-state index contributed by atoms with van der Waals surface area (Å²) in [6, 6.07) is 47.2. The van der Waals surface area contributed by atoms with Crippen LogP contribution in [0.5, 0.6) is 0 Å². The van der Waals surface area contributed by atoms with Crippen molar-refractivity contribution in [1.29, 1.82) is 0 Å². The minimum atomic E-state index is -1.19. The third kappa shape index (κ3) is 7.25. The largest absolute Gasteiger partial charge is 0.455 e. The molecule has 0 aliphatic carbocycles. The average Bonchev–Trinajstić information content (AvgIpc) is 3.17. The van der Waals surface area contributed by atoms with E-state index in [0.717, 1.165) is 27.8 Å². The van der Waals surface area contributed by atoms with Crippen molar-refractivity contribution < 1.29 is 38.0 Å². The molecular formula is C42H38O8. The van der Waals surface area contributed by atoms with E-state index in [0.29, 0.717) is 0 Å².